The average molecular weight is 245 g/mol. The van der Waals surface area contributed by atoms with E-state index in [-0.39, 0.29) is 11.8 Å². The number of aryl methyl sites for hydroxylation is 1. The predicted molar refractivity (Wildman–Crippen MR) is 70.2 cm³/mol. The van der Waals surface area contributed by atoms with Gasteiger partial charge in [0.05, 0.1) is 11.9 Å². The fraction of sp³-hybridized carbons (Fsp3) is 0.571. The molecule has 1 aromatic rings. The van der Waals surface area contributed by atoms with Gasteiger partial charge >= 0.3 is 0 Å². The lowest BCUT2D eigenvalue weighted by Crippen LogP contribution is -2.31. The van der Waals surface area contributed by atoms with Crippen LogP contribution in [0.3, 0.4) is 0 Å². The van der Waals surface area contributed by atoms with Gasteiger partial charge in [0.2, 0.25) is 5.91 Å². The lowest BCUT2D eigenvalue weighted by molar-refractivity contribution is -0.118. The topological polar surface area (TPSA) is 54.0 Å². The second-order valence-electron chi connectivity index (χ2n) is 5.55. The fourth-order valence-electron chi connectivity index (χ4n) is 2.97. The van der Waals surface area contributed by atoms with Crippen LogP contribution in [-0.2, 0) is 4.79 Å². The maximum Gasteiger partial charge on any atom is 0.228 e. The molecular weight excluding hydrogens is 226 g/mol. The number of pyridine rings is 1. The van der Waals surface area contributed by atoms with Crippen LogP contribution in [0.1, 0.15) is 25.0 Å². The van der Waals surface area contributed by atoms with Crippen molar-refractivity contribution in [2.24, 2.45) is 11.3 Å². The third-order valence-electron chi connectivity index (χ3n) is 4.28. The van der Waals surface area contributed by atoms with Crippen LogP contribution in [0.2, 0.25) is 0 Å². The highest BCUT2D eigenvalue weighted by Crippen LogP contribution is 2.58. The van der Waals surface area contributed by atoms with Crippen LogP contribution in [0.25, 0.3) is 0 Å². The zero-order valence-corrected chi connectivity index (χ0v) is 10.7. The second-order valence-corrected chi connectivity index (χ2v) is 5.55. The lowest BCUT2D eigenvalue weighted by Gasteiger charge is -2.23. The Hall–Kier alpha value is -1.42. The molecule has 1 aliphatic heterocycles. The highest BCUT2D eigenvalue weighted by molar-refractivity contribution is 5.95. The molecule has 18 heavy (non-hydrogen) atoms. The summed E-state index contributed by atoms with van der Waals surface area (Å²) in [5.74, 6) is 0.378. The summed E-state index contributed by atoms with van der Waals surface area (Å²) in [6.45, 7) is 4.04. The molecule has 1 spiro atoms. The quantitative estimate of drug-likeness (QED) is 0.834. The molecule has 4 nitrogen and oxygen atoms in total. The molecule has 1 unspecified atom stereocenters. The third-order valence-corrected chi connectivity index (χ3v) is 4.28. The monoisotopic (exact) mass is 245 g/mol. The van der Waals surface area contributed by atoms with Gasteiger partial charge < -0.3 is 10.6 Å². The van der Waals surface area contributed by atoms with Crippen LogP contribution in [0.4, 0.5) is 5.69 Å². The van der Waals surface area contributed by atoms with E-state index in [9.17, 15) is 4.79 Å². The van der Waals surface area contributed by atoms with Crippen molar-refractivity contribution in [2.45, 2.75) is 26.2 Å². The maximum atomic E-state index is 12.2. The van der Waals surface area contributed by atoms with E-state index in [2.05, 4.69) is 15.6 Å². The molecule has 1 aromatic heterocycles. The van der Waals surface area contributed by atoms with Gasteiger partial charge in [-0.2, -0.15) is 0 Å². The number of rotatable bonds is 2. The maximum absolute atomic E-state index is 12.2. The number of aromatic nitrogens is 1. The second kappa shape index (κ2) is 4.35. The van der Waals surface area contributed by atoms with Crippen molar-refractivity contribution in [1.82, 2.24) is 10.3 Å². The number of nitrogens with one attached hydrogen (secondary N) is 2. The van der Waals surface area contributed by atoms with Gasteiger partial charge in [-0.25, -0.2) is 0 Å². The van der Waals surface area contributed by atoms with E-state index in [1.165, 1.54) is 0 Å². The Morgan fingerprint density at radius 1 is 1.44 bits per heavy atom. The standard InChI is InChI=1S/C14H19N3O/c1-10-2-3-11(9-16-10)17-13(18)12-8-14(12)4-6-15-7-5-14/h2-3,9,12,15H,4-8H2,1H3,(H,17,18). The van der Waals surface area contributed by atoms with Crippen LogP contribution < -0.4 is 10.6 Å². The molecular formula is C14H19N3O. The van der Waals surface area contributed by atoms with E-state index in [4.69, 9.17) is 0 Å². The first kappa shape index (κ1) is 11.7. The number of anilines is 1. The van der Waals surface area contributed by atoms with Crippen molar-refractivity contribution >= 4 is 11.6 Å². The van der Waals surface area contributed by atoms with Crippen LogP contribution in [0, 0.1) is 18.3 Å². The molecule has 2 N–H and O–H groups in total. The number of nitrogens with zero attached hydrogens (tertiary/aromatic N) is 1. The summed E-state index contributed by atoms with van der Waals surface area (Å²) in [7, 11) is 0. The molecule has 0 aromatic carbocycles. The number of piperidine rings is 1. The van der Waals surface area contributed by atoms with Crippen LogP contribution >= 0.6 is 0 Å². The van der Waals surface area contributed by atoms with Crippen molar-refractivity contribution < 1.29 is 4.79 Å². The van der Waals surface area contributed by atoms with Gasteiger partial charge in [-0.15, -0.1) is 0 Å². The van der Waals surface area contributed by atoms with Gasteiger partial charge in [-0.3, -0.25) is 9.78 Å². The minimum absolute atomic E-state index is 0.169. The SMILES string of the molecule is Cc1ccc(NC(=O)C2CC23CCNCC3)cn1. The number of carbonyl (C=O) groups is 1. The van der Waals surface area contributed by atoms with E-state index < -0.39 is 0 Å². The van der Waals surface area contributed by atoms with Gasteiger partial charge in [0.25, 0.3) is 0 Å². The summed E-state index contributed by atoms with van der Waals surface area (Å²) in [4.78, 5) is 16.4. The van der Waals surface area contributed by atoms with Crippen molar-refractivity contribution in [1.29, 1.82) is 0 Å². The highest BCUT2D eigenvalue weighted by Gasteiger charge is 2.57. The molecule has 0 radical (unpaired) electrons. The van der Waals surface area contributed by atoms with Gasteiger partial charge in [0.15, 0.2) is 0 Å². The largest absolute Gasteiger partial charge is 0.324 e. The van der Waals surface area contributed by atoms with E-state index in [1.54, 1.807) is 6.20 Å². The molecule has 1 aliphatic carbocycles. The molecule has 2 fully saturated rings. The molecule has 1 saturated carbocycles. The Bertz CT molecular complexity index is 449. The molecule has 3 rings (SSSR count). The van der Waals surface area contributed by atoms with Crippen molar-refractivity contribution in [3.8, 4) is 0 Å². The van der Waals surface area contributed by atoms with Gasteiger partial charge in [0.1, 0.15) is 0 Å². The fourth-order valence-corrected chi connectivity index (χ4v) is 2.97. The minimum Gasteiger partial charge on any atom is -0.324 e. The molecule has 4 heteroatoms. The Labute approximate surface area is 107 Å². The Balaban J connectivity index is 1.61. The predicted octanol–water partition coefficient (Wildman–Crippen LogP) is 1.72. The summed E-state index contributed by atoms with van der Waals surface area (Å²) in [5.41, 5.74) is 2.07. The first-order chi connectivity index (χ1) is 8.70. The van der Waals surface area contributed by atoms with Crippen molar-refractivity contribution in [2.75, 3.05) is 18.4 Å². The highest BCUT2D eigenvalue weighted by atomic mass is 16.2. The summed E-state index contributed by atoms with van der Waals surface area (Å²) in [6, 6.07) is 3.83. The Morgan fingerprint density at radius 2 is 2.22 bits per heavy atom. The van der Waals surface area contributed by atoms with Crippen molar-refractivity contribution in [3.63, 3.8) is 0 Å². The molecule has 1 atom stereocenters. The Morgan fingerprint density at radius 3 is 2.89 bits per heavy atom. The molecule has 2 aliphatic rings. The normalized spacial score (nSPS) is 24.8. The molecule has 96 valence electrons. The lowest BCUT2D eigenvalue weighted by atomic mass is 9.92. The first-order valence-electron chi connectivity index (χ1n) is 6.64. The summed E-state index contributed by atoms with van der Waals surface area (Å²) < 4.78 is 0. The minimum atomic E-state index is 0.169. The third kappa shape index (κ3) is 2.12. The zero-order valence-electron chi connectivity index (χ0n) is 10.7. The Kier molecular flexibility index (Phi) is 2.82. The van der Waals surface area contributed by atoms with E-state index in [0.717, 1.165) is 43.7 Å². The number of carbonyl (C=O) groups excluding carboxylic acids is 1. The van der Waals surface area contributed by atoms with Gasteiger partial charge in [0, 0.05) is 11.6 Å². The van der Waals surface area contributed by atoms with E-state index >= 15 is 0 Å². The van der Waals surface area contributed by atoms with E-state index in [0.29, 0.717) is 5.41 Å². The summed E-state index contributed by atoms with van der Waals surface area (Å²) >= 11 is 0. The summed E-state index contributed by atoms with van der Waals surface area (Å²) in [5, 5.41) is 6.33. The van der Waals surface area contributed by atoms with Crippen LogP contribution in [0.5, 0.6) is 0 Å². The number of hydrogen-bond donors (Lipinski definition) is 2. The zero-order chi connectivity index (χ0) is 12.6. The van der Waals surface area contributed by atoms with Crippen molar-refractivity contribution in [3.05, 3.63) is 24.0 Å². The summed E-state index contributed by atoms with van der Waals surface area (Å²) in [6.07, 6.45) is 5.05. The van der Waals surface area contributed by atoms with Crippen LogP contribution in [-0.4, -0.2) is 24.0 Å². The molecule has 1 amide bonds. The average Bonchev–Trinajstić information content (AvgIpc) is 3.07. The molecule has 0 bridgehead atoms. The van der Waals surface area contributed by atoms with Gasteiger partial charge in [-0.05, 0) is 56.8 Å². The number of hydrogen-bond acceptors (Lipinski definition) is 3. The first-order valence-corrected chi connectivity index (χ1v) is 6.64. The van der Waals surface area contributed by atoms with Crippen LogP contribution in [0.15, 0.2) is 18.3 Å². The van der Waals surface area contributed by atoms with E-state index in [1.807, 2.05) is 19.1 Å². The molecule has 2 heterocycles. The smallest absolute Gasteiger partial charge is 0.228 e. The molecule has 1 saturated heterocycles. The van der Waals surface area contributed by atoms with Gasteiger partial charge in [-0.1, -0.05) is 0 Å². The number of amides is 1.